The van der Waals surface area contributed by atoms with E-state index < -0.39 is 5.97 Å². The molecule has 8 heteroatoms. The first-order chi connectivity index (χ1) is 8.65. The first kappa shape index (κ1) is 10.8. The summed E-state index contributed by atoms with van der Waals surface area (Å²) in [6, 6.07) is 5.77. The highest BCUT2D eigenvalue weighted by Gasteiger charge is 2.17. The van der Waals surface area contributed by atoms with Crippen LogP contribution in [0, 0.1) is 5.82 Å². The number of halogens is 1. The van der Waals surface area contributed by atoms with E-state index in [1.807, 2.05) is 0 Å². The summed E-state index contributed by atoms with van der Waals surface area (Å²) < 4.78 is 14.0. The van der Waals surface area contributed by atoms with Gasteiger partial charge in [-0.05, 0) is 24.3 Å². The fraction of sp³-hybridized carbons (Fsp3) is 0. The van der Waals surface area contributed by atoms with Crippen LogP contribution in [0.15, 0.2) is 24.3 Å². The highest BCUT2D eigenvalue weighted by molar-refractivity contribution is 7.19. The molecule has 0 fully saturated rings. The van der Waals surface area contributed by atoms with Gasteiger partial charge < -0.3 is 5.11 Å². The van der Waals surface area contributed by atoms with Crippen LogP contribution in [0.1, 0.15) is 10.6 Å². The van der Waals surface area contributed by atoms with Gasteiger partial charge in [0.05, 0.1) is 0 Å². The maximum Gasteiger partial charge on any atom is 0.375 e. The van der Waals surface area contributed by atoms with Gasteiger partial charge in [-0.25, -0.2) is 9.18 Å². The zero-order chi connectivity index (χ0) is 12.7. The van der Waals surface area contributed by atoms with Crippen LogP contribution >= 0.6 is 11.3 Å². The molecule has 0 saturated heterocycles. The van der Waals surface area contributed by atoms with E-state index in [1.165, 1.54) is 23.5 Å². The third-order valence-corrected chi connectivity index (χ3v) is 3.22. The van der Waals surface area contributed by atoms with Gasteiger partial charge in [0.2, 0.25) is 4.96 Å². The Hall–Kier alpha value is -2.35. The zero-order valence-corrected chi connectivity index (χ0v) is 9.56. The number of fused-ring (bicyclic) bond motifs is 1. The average molecular weight is 264 g/mol. The van der Waals surface area contributed by atoms with Gasteiger partial charge in [-0.15, -0.1) is 10.2 Å². The molecule has 1 aromatic carbocycles. The summed E-state index contributed by atoms with van der Waals surface area (Å²) in [7, 11) is 0. The molecule has 2 heterocycles. The highest BCUT2D eigenvalue weighted by atomic mass is 32.1. The first-order valence-electron chi connectivity index (χ1n) is 4.86. The van der Waals surface area contributed by atoms with Crippen LogP contribution in [0.25, 0.3) is 15.5 Å². The lowest BCUT2D eigenvalue weighted by Gasteiger charge is -1.94. The predicted molar refractivity (Wildman–Crippen MR) is 61.0 cm³/mol. The van der Waals surface area contributed by atoms with E-state index in [0.717, 1.165) is 4.52 Å². The van der Waals surface area contributed by atoms with E-state index in [-0.39, 0.29) is 11.6 Å². The minimum atomic E-state index is -1.20. The van der Waals surface area contributed by atoms with Crippen molar-refractivity contribution in [3.63, 3.8) is 0 Å². The van der Waals surface area contributed by atoms with Gasteiger partial charge in [-0.3, -0.25) is 0 Å². The van der Waals surface area contributed by atoms with E-state index in [4.69, 9.17) is 5.11 Å². The molecule has 90 valence electrons. The molecule has 0 aliphatic carbocycles. The molecule has 0 amide bonds. The fourth-order valence-electron chi connectivity index (χ4n) is 1.46. The molecule has 0 spiro atoms. The first-order valence-corrected chi connectivity index (χ1v) is 5.68. The molecule has 3 aromatic rings. The SMILES string of the molecule is O=C(O)c1nnc2sc(-c3ccc(F)cc3)nn12. The molecule has 18 heavy (non-hydrogen) atoms. The van der Waals surface area contributed by atoms with Crippen molar-refractivity contribution >= 4 is 22.3 Å². The maximum absolute atomic E-state index is 12.8. The number of carboxylic acid groups (broad SMARTS) is 1. The quantitative estimate of drug-likeness (QED) is 0.761. The minimum absolute atomic E-state index is 0.241. The largest absolute Gasteiger partial charge is 0.475 e. The lowest BCUT2D eigenvalue weighted by Crippen LogP contribution is -2.04. The average Bonchev–Trinajstić information content (AvgIpc) is 2.88. The van der Waals surface area contributed by atoms with Crippen LogP contribution in [-0.4, -0.2) is 30.9 Å². The van der Waals surface area contributed by atoms with Crippen LogP contribution in [0.4, 0.5) is 4.39 Å². The molecular formula is C10H5FN4O2S. The summed E-state index contributed by atoms with van der Waals surface area (Å²) in [4.78, 5) is 11.2. The fourth-order valence-corrected chi connectivity index (χ4v) is 2.30. The maximum atomic E-state index is 12.8. The molecule has 0 bridgehead atoms. The van der Waals surface area contributed by atoms with Crippen molar-refractivity contribution in [1.82, 2.24) is 19.8 Å². The van der Waals surface area contributed by atoms with Crippen LogP contribution in [-0.2, 0) is 0 Å². The number of rotatable bonds is 2. The molecule has 0 atom stereocenters. The van der Waals surface area contributed by atoms with Crippen molar-refractivity contribution in [2.45, 2.75) is 0 Å². The van der Waals surface area contributed by atoms with Crippen molar-refractivity contribution in [2.24, 2.45) is 0 Å². The molecule has 1 N–H and O–H groups in total. The molecule has 0 unspecified atom stereocenters. The minimum Gasteiger partial charge on any atom is -0.475 e. The van der Waals surface area contributed by atoms with E-state index in [0.29, 0.717) is 15.5 Å². The van der Waals surface area contributed by atoms with Crippen molar-refractivity contribution < 1.29 is 14.3 Å². The highest BCUT2D eigenvalue weighted by Crippen LogP contribution is 2.25. The monoisotopic (exact) mass is 264 g/mol. The molecule has 2 aromatic heterocycles. The normalized spacial score (nSPS) is 10.9. The van der Waals surface area contributed by atoms with Crippen LogP contribution in [0.3, 0.4) is 0 Å². The molecular weight excluding hydrogens is 259 g/mol. The Bertz CT molecular complexity index is 734. The van der Waals surface area contributed by atoms with Gasteiger partial charge in [0.1, 0.15) is 10.8 Å². The number of aromatic carboxylic acids is 1. The van der Waals surface area contributed by atoms with Crippen molar-refractivity contribution in [3.8, 4) is 10.6 Å². The topological polar surface area (TPSA) is 80.4 Å². The molecule has 0 aliphatic heterocycles. The van der Waals surface area contributed by atoms with E-state index in [1.54, 1.807) is 12.1 Å². The summed E-state index contributed by atoms with van der Waals surface area (Å²) in [6.45, 7) is 0. The van der Waals surface area contributed by atoms with Crippen molar-refractivity contribution in [1.29, 1.82) is 0 Å². The molecule has 6 nitrogen and oxygen atoms in total. The Labute approximate surface area is 103 Å². The second kappa shape index (κ2) is 3.84. The number of carboxylic acids is 1. The van der Waals surface area contributed by atoms with Gasteiger partial charge in [0.25, 0.3) is 5.82 Å². The van der Waals surface area contributed by atoms with Crippen LogP contribution < -0.4 is 0 Å². The van der Waals surface area contributed by atoms with Gasteiger partial charge in [0.15, 0.2) is 0 Å². The van der Waals surface area contributed by atoms with Crippen molar-refractivity contribution in [2.75, 3.05) is 0 Å². The third kappa shape index (κ3) is 1.63. The second-order valence-electron chi connectivity index (χ2n) is 3.44. The van der Waals surface area contributed by atoms with Crippen LogP contribution in [0.5, 0.6) is 0 Å². The number of hydrogen-bond acceptors (Lipinski definition) is 5. The number of carbonyl (C=O) groups is 1. The molecule has 0 aliphatic rings. The Kier molecular flexibility index (Phi) is 2.30. The smallest absolute Gasteiger partial charge is 0.375 e. The second-order valence-corrected chi connectivity index (χ2v) is 4.39. The van der Waals surface area contributed by atoms with E-state index in [9.17, 15) is 9.18 Å². The van der Waals surface area contributed by atoms with Gasteiger partial charge in [0, 0.05) is 5.56 Å². The Balaban J connectivity index is 2.13. The number of benzene rings is 1. The number of nitrogens with zero attached hydrogens (tertiary/aromatic N) is 4. The van der Waals surface area contributed by atoms with Gasteiger partial charge >= 0.3 is 5.97 Å². The lowest BCUT2D eigenvalue weighted by molar-refractivity contribution is 0.0680. The van der Waals surface area contributed by atoms with Gasteiger partial charge in [-0.2, -0.15) is 9.61 Å². The molecule has 0 saturated carbocycles. The number of aromatic nitrogens is 4. The van der Waals surface area contributed by atoms with Crippen molar-refractivity contribution in [3.05, 3.63) is 35.9 Å². The Morgan fingerprint density at radius 3 is 2.67 bits per heavy atom. The summed E-state index contributed by atoms with van der Waals surface area (Å²) in [5.74, 6) is -1.78. The Morgan fingerprint density at radius 2 is 2.00 bits per heavy atom. The van der Waals surface area contributed by atoms with Crippen LogP contribution in [0.2, 0.25) is 0 Å². The molecule has 0 radical (unpaired) electrons. The van der Waals surface area contributed by atoms with E-state index >= 15 is 0 Å². The molecule has 3 rings (SSSR count). The predicted octanol–water partition coefficient (Wildman–Crippen LogP) is 1.69. The number of hydrogen-bond donors (Lipinski definition) is 1. The summed E-state index contributed by atoms with van der Waals surface area (Å²) in [5.41, 5.74) is 0.697. The summed E-state index contributed by atoms with van der Waals surface area (Å²) >= 11 is 1.19. The summed E-state index contributed by atoms with van der Waals surface area (Å²) in [5, 5.41) is 20.8. The lowest BCUT2D eigenvalue weighted by atomic mass is 10.2. The Morgan fingerprint density at radius 1 is 1.28 bits per heavy atom. The zero-order valence-electron chi connectivity index (χ0n) is 8.74. The standard InChI is InChI=1S/C10H5FN4O2S/c11-6-3-1-5(2-4-6)8-14-15-7(9(16)17)12-13-10(15)18-8/h1-4H,(H,16,17). The third-order valence-electron chi connectivity index (χ3n) is 2.27. The summed E-state index contributed by atoms with van der Waals surface area (Å²) in [6.07, 6.45) is 0. The van der Waals surface area contributed by atoms with Gasteiger partial charge in [-0.1, -0.05) is 11.3 Å². The van der Waals surface area contributed by atoms with E-state index in [2.05, 4.69) is 15.3 Å².